The van der Waals surface area contributed by atoms with E-state index in [1.807, 2.05) is 6.92 Å². The van der Waals surface area contributed by atoms with Gasteiger partial charge in [-0.15, -0.1) is 0 Å². The van der Waals surface area contributed by atoms with Crippen molar-refractivity contribution in [3.63, 3.8) is 0 Å². The maximum atomic E-state index is 15.1. The minimum atomic E-state index is -0.990. The summed E-state index contributed by atoms with van der Waals surface area (Å²) in [5.41, 5.74) is 5.86. The number of carbonyl (C=O) groups is 2. The van der Waals surface area contributed by atoms with E-state index in [1.54, 1.807) is 35.0 Å². The summed E-state index contributed by atoms with van der Waals surface area (Å²) in [5, 5.41) is 15.2. The number of likely N-dealkylation sites (tertiary alicyclic amines) is 1. The molecule has 1 amide bonds. The fourth-order valence-electron chi connectivity index (χ4n) is 7.23. The van der Waals surface area contributed by atoms with Crippen molar-refractivity contribution in [2.24, 2.45) is 11.8 Å². The van der Waals surface area contributed by atoms with Crippen molar-refractivity contribution < 1.29 is 19.1 Å². The van der Waals surface area contributed by atoms with E-state index in [4.69, 9.17) is 5.10 Å². The molecule has 8 heteroatoms. The van der Waals surface area contributed by atoms with E-state index in [2.05, 4.69) is 15.5 Å². The van der Waals surface area contributed by atoms with Crippen LogP contribution in [-0.4, -0.2) is 49.2 Å². The van der Waals surface area contributed by atoms with Gasteiger partial charge in [0.2, 0.25) is 5.91 Å². The molecule has 7 rings (SSSR count). The van der Waals surface area contributed by atoms with Gasteiger partial charge in [-0.05, 0) is 93.2 Å². The molecule has 3 fully saturated rings. The van der Waals surface area contributed by atoms with Crippen LogP contribution in [0.4, 0.5) is 4.39 Å². The number of piperidine rings is 1. The molecular formula is C33H37FN4O3. The van der Waals surface area contributed by atoms with Gasteiger partial charge in [0, 0.05) is 42.7 Å². The third kappa shape index (κ3) is 4.81. The maximum Gasteiger partial charge on any atom is 0.337 e. The summed E-state index contributed by atoms with van der Waals surface area (Å²) in [5.74, 6) is 0.0510. The Hall–Kier alpha value is -3.68. The van der Waals surface area contributed by atoms with Crippen LogP contribution in [0.5, 0.6) is 0 Å². The Morgan fingerprint density at radius 2 is 1.76 bits per heavy atom. The van der Waals surface area contributed by atoms with E-state index < -0.39 is 5.97 Å². The summed E-state index contributed by atoms with van der Waals surface area (Å²) in [6.45, 7) is 4.32. The van der Waals surface area contributed by atoms with Crippen molar-refractivity contribution in [1.29, 1.82) is 0 Å². The predicted octanol–water partition coefficient (Wildman–Crippen LogP) is 6.80. The molecule has 1 aliphatic heterocycles. The highest BCUT2D eigenvalue weighted by Gasteiger charge is 2.32. The molecule has 1 saturated heterocycles. The first kappa shape index (κ1) is 26.2. The van der Waals surface area contributed by atoms with Crippen molar-refractivity contribution in [3.05, 3.63) is 59.0 Å². The van der Waals surface area contributed by atoms with E-state index in [0.717, 1.165) is 97.1 Å². The Kier molecular flexibility index (Phi) is 6.59. The van der Waals surface area contributed by atoms with Crippen LogP contribution in [0.3, 0.4) is 0 Å². The highest BCUT2D eigenvalue weighted by atomic mass is 19.1. The van der Waals surface area contributed by atoms with Crippen LogP contribution in [0.2, 0.25) is 0 Å². The van der Waals surface area contributed by atoms with Crippen molar-refractivity contribution in [2.75, 3.05) is 13.1 Å². The molecule has 0 unspecified atom stereocenters. The number of pyridine rings is 1. The van der Waals surface area contributed by atoms with Crippen molar-refractivity contribution in [3.8, 4) is 11.4 Å². The molecule has 2 saturated carbocycles. The fraction of sp³-hybridized carbons (Fsp3) is 0.485. The molecule has 2 aliphatic carbocycles. The number of hydrogen-bond acceptors (Lipinski definition) is 3. The quantitative estimate of drug-likeness (QED) is 0.283. The second-order valence-corrected chi connectivity index (χ2v) is 12.5. The van der Waals surface area contributed by atoms with Gasteiger partial charge >= 0.3 is 5.97 Å². The van der Waals surface area contributed by atoms with Gasteiger partial charge in [0.05, 0.1) is 22.3 Å². The summed E-state index contributed by atoms with van der Waals surface area (Å²) in [7, 11) is 0. The predicted molar refractivity (Wildman–Crippen MR) is 156 cm³/mol. The Morgan fingerprint density at radius 3 is 2.46 bits per heavy atom. The number of aryl methyl sites for hydroxylation is 1. The largest absolute Gasteiger partial charge is 0.478 e. The summed E-state index contributed by atoms with van der Waals surface area (Å²) in [6, 6.07) is 8.81. The fourth-order valence-corrected chi connectivity index (χ4v) is 7.23. The monoisotopic (exact) mass is 556 g/mol. The summed E-state index contributed by atoms with van der Waals surface area (Å²) < 4.78 is 19.1. The van der Waals surface area contributed by atoms with Crippen LogP contribution >= 0.6 is 0 Å². The standard InChI is InChI=1S/C33H37FN4O3/c1-20-28-10-9-24(33(40)41)19-38(28)35-30(20)29-16-25-15-26(34)17-27(31(25)37(29)18-21-7-8-21)22-11-13-36(14-12-22)32(39)23-5-3-2-4-6-23/h9-10,15-17,19,21-23H,2-8,11-14,18H2,1H3,(H,40,41). The zero-order chi connectivity index (χ0) is 28.2. The number of fused-ring (bicyclic) bond motifs is 2. The van der Waals surface area contributed by atoms with E-state index >= 15 is 4.39 Å². The molecule has 1 aromatic carbocycles. The Morgan fingerprint density at radius 1 is 1.00 bits per heavy atom. The minimum absolute atomic E-state index is 0.180. The normalized spacial score (nSPS) is 18.9. The van der Waals surface area contributed by atoms with Gasteiger partial charge in [-0.1, -0.05) is 19.3 Å². The Bertz CT molecular complexity index is 1650. The molecule has 41 heavy (non-hydrogen) atoms. The van der Waals surface area contributed by atoms with E-state index in [9.17, 15) is 14.7 Å². The van der Waals surface area contributed by atoms with Gasteiger partial charge in [-0.25, -0.2) is 13.7 Å². The third-order valence-corrected chi connectivity index (χ3v) is 9.69. The number of halogens is 1. The SMILES string of the molecule is Cc1c(-c2cc3cc(F)cc(C4CCN(C(=O)C5CCCCC5)CC4)c3n2CC2CC2)nn2cc(C(=O)O)ccc12. The zero-order valence-electron chi connectivity index (χ0n) is 23.6. The van der Waals surface area contributed by atoms with Crippen molar-refractivity contribution in [1.82, 2.24) is 19.1 Å². The number of benzene rings is 1. The highest BCUT2D eigenvalue weighted by Crippen LogP contribution is 2.41. The number of hydrogen-bond donors (Lipinski definition) is 1. The summed E-state index contributed by atoms with van der Waals surface area (Å²) >= 11 is 0. The molecular weight excluding hydrogens is 519 g/mol. The van der Waals surface area contributed by atoms with Crippen molar-refractivity contribution in [2.45, 2.75) is 77.2 Å². The first-order valence-electron chi connectivity index (χ1n) is 15.2. The average molecular weight is 557 g/mol. The van der Waals surface area contributed by atoms with Crippen LogP contribution in [0.25, 0.3) is 27.8 Å². The molecule has 0 radical (unpaired) electrons. The van der Waals surface area contributed by atoms with Crippen LogP contribution in [0.15, 0.2) is 36.5 Å². The molecule has 4 aromatic rings. The van der Waals surface area contributed by atoms with Crippen LogP contribution in [-0.2, 0) is 11.3 Å². The molecule has 3 aliphatic rings. The summed E-state index contributed by atoms with van der Waals surface area (Å²) in [4.78, 5) is 26.8. The zero-order valence-corrected chi connectivity index (χ0v) is 23.6. The van der Waals surface area contributed by atoms with E-state index in [0.29, 0.717) is 11.8 Å². The number of amides is 1. The number of carbonyl (C=O) groups excluding carboxylic acids is 1. The molecule has 0 atom stereocenters. The lowest BCUT2D eigenvalue weighted by Crippen LogP contribution is -2.41. The lowest BCUT2D eigenvalue weighted by molar-refractivity contribution is -0.137. The average Bonchev–Trinajstić information content (AvgIpc) is 3.66. The maximum absolute atomic E-state index is 15.1. The van der Waals surface area contributed by atoms with Gasteiger partial charge in [-0.3, -0.25) is 4.79 Å². The number of aromatic carboxylic acids is 1. The second kappa shape index (κ2) is 10.3. The molecule has 7 nitrogen and oxygen atoms in total. The number of rotatable bonds is 6. The number of nitrogens with zero attached hydrogens (tertiary/aromatic N) is 4. The molecule has 0 bridgehead atoms. The topological polar surface area (TPSA) is 79.8 Å². The molecule has 4 heterocycles. The Labute approximate surface area is 238 Å². The summed E-state index contributed by atoms with van der Waals surface area (Å²) in [6.07, 6.45) is 11.2. The van der Waals surface area contributed by atoms with Gasteiger partial charge in [0.15, 0.2) is 0 Å². The van der Waals surface area contributed by atoms with E-state index in [1.165, 1.54) is 19.3 Å². The molecule has 0 spiro atoms. The lowest BCUT2D eigenvalue weighted by Gasteiger charge is -2.35. The van der Waals surface area contributed by atoms with Gasteiger partial charge in [-0.2, -0.15) is 5.10 Å². The smallest absolute Gasteiger partial charge is 0.337 e. The number of carboxylic acids is 1. The molecule has 214 valence electrons. The second-order valence-electron chi connectivity index (χ2n) is 12.5. The minimum Gasteiger partial charge on any atom is -0.478 e. The number of carboxylic acid groups (broad SMARTS) is 1. The first-order chi connectivity index (χ1) is 19.9. The van der Waals surface area contributed by atoms with Gasteiger partial charge in [0.25, 0.3) is 0 Å². The van der Waals surface area contributed by atoms with E-state index in [-0.39, 0.29) is 23.2 Å². The van der Waals surface area contributed by atoms with Crippen LogP contribution < -0.4 is 0 Å². The van der Waals surface area contributed by atoms with Crippen LogP contribution in [0, 0.1) is 24.6 Å². The Balaban J connectivity index is 1.26. The van der Waals surface area contributed by atoms with Gasteiger partial charge in [0.1, 0.15) is 11.5 Å². The molecule has 1 N–H and O–H groups in total. The third-order valence-electron chi connectivity index (χ3n) is 9.69. The highest BCUT2D eigenvalue weighted by molar-refractivity contribution is 5.91. The van der Waals surface area contributed by atoms with Crippen molar-refractivity contribution >= 4 is 28.3 Å². The number of aromatic nitrogens is 3. The molecule has 3 aromatic heterocycles. The first-order valence-corrected chi connectivity index (χ1v) is 15.2. The lowest BCUT2D eigenvalue weighted by atomic mass is 9.85. The van der Waals surface area contributed by atoms with Crippen LogP contribution in [0.1, 0.15) is 85.2 Å². The van der Waals surface area contributed by atoms with Gasteiger partial charge < -0.3 is 14.6 Å².